The van der Waals surface area contributed by atoms with Crippen molar-refractivity contribution in [3.05, 3.63) is 0 Å². The largest absolute Gasteiger partial charge is 1.00 e. The van der Waals surface area contributed by atoms with Crippen molar-refractivity contribution in [1.29, 1.82) is 0 Å². The van der Waals surface area contributed by atoms with Crippen LogP contribution >= 0.6 is 0 Å². The Hall–Kier alpha value is -0.648. The van der Waals surface area contributed by atoms with Gasteiger partial charge < -0.3 is 23.9 Å². The molecule has 0 fully saturated rings. The number of carboxylic acid groups (broad SMARTS) is 2. The second-order valence-corrected chi connectivity index (χ2v) is 2.42. The van der Waals surface area contributed by atoms with E-state index in [-0.39, 0.29) is 25.3 Å². The summed E-state index contributed by atoms with van der Waals surface area (Å²) in [6.07, 6.45) is -0.327. The first-order chi connectivity index (χ1) is 6.68. The minimum Gasteiger partial charge on any atom is -0.824 e. The molecule has 2 N–H and O–H groups in total. The maximum Gasteiger partial charge on any atom is 1.00 e. The molecule has 0 atom stereocenters. The van der Waals surface area contributed by atoms with E-state index < -0.39 is 31.5 Å². The van der Waals surface area contributed by atoms with Gasteiger partial charge in [0.15, 0.2) is 0 Å². The molecule has 10 heteroatoms. The van der Waals surface area contributed by atoms with E-state index in [0.29, 0.717) is 0 Å². The van der Waals surface area contributed by atoms with Crippen molar-refractivity contribution in [2.75, 3.05) is 0 Å². The van der Waals surface area contributed by atoms with Crippen LogP contribution in [0.2, 0.25) is 0 Å². The monoisotopic (exact) mass is 236 g/mol. The Kier molecular flexibility index (Phi) is 12.4. The Morgan fingerprint density at radius 2 is 1.56 bits per heavy atom. The number of aliphatic carboxylic acids is 2. The van der Waals surface area contributed by atoms with Crippen LogP contribution in [-0.4, -0.2) is 35.3 Å². The van der Waals surface area contributed by atoms with Crippen LogP contribution in [-0.2, 0) is 9.59 Å². The zero-order chi connectivity index (χ0) is 12.6. The first kappa shape index (κ1) is 20.7. The predicted molar refractivity (Wildman–Crippen MR) is 42.0 cm³/mol. The predicted octanol–water partition coefficient (Wildman–Crippen LogP) is -3.06. The van der Waals surface area contributed by atoms with Gasteiger partial charge in [0.1, 0.15) is 0 Å². The fraction of sp³-hybridized carbons (Fsp3) is 0.667. The maximum absolute atomic E-state index is 12.8. The summed E-state index contributed by atoms with van der Waals surface area (Å²) in [6.45, 7) is 1.51. The van der Waals surface area contributed by atoms with Gasteiger partial charge in [0.05, 0.1) is 0 Å². The number of hydrogen-bond acceptors (Lipinski definition) is 3. The van der Waals surface area contributed by atoms with E-state index in [4.69, 9.17) is 15.2 Å². The first-order valence-electron chi connectivity index (χ1n) is 3.78. The normalized spacial score (nSPS) is 9.31. The number of hydrogen-bond donors (Lipinski definition) is 2. The Labute approximate surface area is 102 Å². The average Bonchev–Trinajstić information content (AvgIpc) is 2.02. The second-order valence-electron chi connectivity index (χ2n) is 2.42. The molecule has 0 bridgehead atoms. The van der Waals surface area contributed by atoms with Crippen molar-refractivity contribution in [2.24, 2.45) is 0 Å². The Morgan fingerprint density at radius 1 is 1.31 bits per heavy atom. The molecular weight excluding hydrogens is 227 g/mol. The molecular formula is C6H9BF3LiO5. The SMILES string of the molecule is CCCC(F)(C(=O)O)C(=O)O.[Li+].[O-]B(F)F. The Bertz CT molecular complexity index is 211. The minimum absolute atomic E-state index is 0. The summed E-state index contributed by atoms with van der Waals surface area (Å²) in [4.78, 5) is 20.2. The molecule has 0 aliphatic rings. The summed E-state index contributed by atoms with van der Waals surface area (Å²) in [7, 11) is -3.42. The summed E-state index contributed by atoms with van der Waals surface area (Å²) in [6, 6.07) is 0. The van der Waals surface area contributed by atoms with Gasteiger partial charge in [0, 0.05) is 6.42 Å². The van der Waals surface area contributed by atoms with Gasteiger partial charge in [-0.3, -0.25) is 0 Å². The van der Waals surface area contributed by atoms with Crippen LogP contribution in [0.5, 0.6) is 0 Å². The van der Waals surface area contributed by atoms with E-state index in [1.165, 1.54) is 6.92 Å². The average molecular weight is 236 g/mol. The van der Waals surface area contributed by atoms with Crippen LogP contribution in [0.4, 0.5) is 13.0 Å². The zero-order valence-corrected chi connectivity index (χ0v) is 8.74. The van der Waals surface area contributed by atoms with Gasteiger partial charge in [0.2, 0.25) is 0 Å². The van der Waals surface area contributed by atoms with Gasteiger partial charge in [-0.1, -0.05) is 13.3 Å². The van der Waals surface area contributed by atoms with E-state index in [2.05, 4.69) is 0 Å². The topological polar surface area (TPSA) is 97.7 Å². The minimum atomic E-state index is -3.42. The molecule has 0 spiro atoms. The van der Waals surface area contributed by atoms with E-state index in [9.17, 15) is 22.6 Å². The molecule has 0 unspecified atom stereocenters. The van der Waals surface area contributed by atoms with Crippen molar-refractivity contribution in [1.82, 2.24) is 0 Å². The molecule has 0 saturated carbocycles. The molecule has 16 heavy (non-hydrogen) atoms. The molecule has 0 saturated heterocycles. The fourth-order valence-corrected chi connectivity index (χ4v) is 0.650. The summed E-state index contributed by atoms with van der Waals surface area (Å²) in [5, 5.41) is 24.6. The number of carbonyl (C=O) groups is 2. The van der Waals surface area contributed by atoms with Crippen LogP contribution in [0, 0.1) is 0 Å². The van der Waals surface area contributed by atoms with E-state index in [1.807, 2.05) is 0 Å². The van der Waals surface area contributed by atoms with E-state index >= 15 is 0 Å². The third-order valence-electron chi connectivity index (χ3n) is 1.27. The molecule has 0 aliphatic carbocycles. The summed E-state index contributed by atoms with van der Waals surface area (Å²) < 4.78 is 32.4. The van der Waals surface area contributed by atoms with Gasteiger partial charge in [-0.05, 0) is 0 Å². The van der Waals surface area contributed by atoms with Crippen molar-refractivity contribution < 1.29 is 56.7 Å². The number of carboxylic acids is 2. The molecule has 0 aromatic carbocycles. The van der Waals surface area contributed by atoms with Crippen molar-refractivity contribution in [2.45, 2.75) is 25.4 Å². The molecule has 0 radical (unpaired) electrons. The van der Waals surface area contributed by atoms with Crippen molar-refractivity contribution in [3.63, 3.8) is 0 Å². The van der Waals surface area contributed by atoms with Gasteiger partial charge in [-0.15, -0.1) is 0 Å². The molecule has 0 aromatic heterocycles. The summed E-state index contributed by atoms with van der Waals surface area (Å²) in [5.41, 5.74) is -3.12. The van der Waals surface area contributed by atoms with Crippen LogP contribution < -0.4 is 23.9 Å². The third-order valence-corrected chi connectivity index (χ3v) is 1.27. The molecule has 0 aromatic rings. The first-order valence-corrected chi connectivity index (χ1v) is 3.78. The third kappa shape index (κ3) is 8.64. The van der Waals surface area contributed by atoms with E-state index in [0.717, 1.165) is 0 Å². The maximum atomic E-state index is 12.8. The zero-order valence-electron chi connectivity index (χ0n) is 8.74. The molecule has 0 aliphatic heterocycles. The number of rotatable bonds is 4. The standard InChI is InChI=1S/C6H9FO4.BF2O.Li/c1-2-3-6(7,4(8)9)5(10)11;2-1(3)4;/h2-3H2,1H3,(H,8,9)(H,10,11);;/q;-1;+1. The summed E-state index contributed by atoms with van der Waals surface area (Å²) >= 11 is 0. The summed E-state index contributed by atoms with van der Waals surface area (Å²) in [5.74, 6) is -3.88. The van der Waals surface area contributed by atoms with Gasteiger partial charge in [0.25, 0.3) is 0 Å². The molecule has 0 amide bonds. The van der Waals surface area contributed by atoms with Crippen LogP contribution in [0.25, 0.3) is 0 Å². The van der Waals surface area contributed by atoms with Crippen molar-refractivity contribution >= 4 is 19.4 Å². The fourth-order valence-electron chi connectivity index (χ4n) is 0.650. The van der Waals surface area contributed by atoms with Crippen LogP contribution in [0.1, 0.15) is 19.8 Å². The van der Waals surface area contributed by atoms with E-state index in [1.54, 1.807) is 0 Å². The number of alkyl halides is 1. The Balaban J connectivity index is -0.000000292. The molecule has 5 nitrogen and oxygen atoms in total. The second kappa shape index (κ2) is 9.57. The van der Waals surface area contributed by atoms with Gasteiger partial charge in [-0.25, -0.2) is 14.0 Å². The smallest absolute Gasteiger partial charge is 0.824 e. The van der Waals surface area contributed by atoms with Crippen molar-refractivity contribution in [3.8, 4) is 0 Å². The molecule has 0 heterocycles. The van der Waals surface area contributed by atoms with Crippen LogP contribution in [0.15, 0.2) is 0 Å². The molecule has 88 valence electrons. The molecule has 0 rings (SSSR count). The van der Waals surface area contributed by atoms with Crippen LogP contribution in [0.3, 0.4) is 0 Å². The quantitative estimate of drug-likeness (QED) is 0.399. The van der Waals surface area contributed by atoms with Gasteiger partial charge >= 0.3 is 43.9 Å². The van der Waals surface area contributed by atoms with Gasteiger partial charge in [-0.2, -0.15) is 0 Å². The number of halogens is 3. The Morgan fingerprint density at radius 3 is 1.62 bits per heavy atom.